The van der Waals surface area contributed by atoms with E-state index in [2.05, 4.69) is 22.2 Å². The van der Waals surface area contributed by atoms with Crippen LogP contribution in [-0.2, 0) is 6.54 Å². The molecule has 0 atom stereocenters. The molecule has 0 bridgehead atoms. The Labute approximate surface area is 112 Å². The summed E-state index contributed by atoms with van der Waals surface area (Å²) in [5.74, 6) is 0.727. The number of nitrogens with one attached hydrogen (secondary N) is 1. The average Bonchev–Trinajstić information content (AvgIpc) is 2.36. The Kier molecular flexibility index (Phi) is 4.28. The average molecular weight is 262 g/mol. The molecule has 94 valence electrons. The fourth-order valence-electron chi connectivity index (χ4n) is 1.73. The molecule has 0 saturated carbocycles. The summed E-state index contributed by atoms with van der Waals surface area (Å²) in [6.45, 7) is 5.74. The Hall–Kier alpha value is -1.45. The third kappa shape index (κ3) is 3.28. The highest BCUT2D eigenvalue weighted by atomic mass is 35.5. The monoisotopic (exact) mass is 261 g/mol. The number of halogens is 1. The van der Waals surface area contributed by atoms with E-state index in [0.29, 0.717) is 5.02 Å². The number of benzene rings is 1. The number of aryl methyl sites for hydroxylation is 1. The highest BCUT2D eigenvalue weighted by Crippen LogP contribution is 2.20. The van der Waals surface area contributed by atoms with Crippen LogP contribution in [0.1, 0.15) is 18.3 Å². The summed E-state index contributed by atoms with van der Waals surface area (Å²) in [6, 6.07) is 9.61. The summed E-state index contributed by atoms with van der Waals surface area (Å²) in [5.41, 5.74) is 2.91. The van der Waals surface area contributed by atoms with Crippen molar-refractivity contribution in [3.63, 3.8) is 0 Å². The Bertz CT molecular complexity index is 540. The van der Waals surface area contributed by atoms with Gasteiger partial charge in [-0.3, -0.25) is 0 Å². The molecular weight excluding hydrogens is 246 g/mol. The van der Waals surface area contributed by atoms with Crippen LogP contribution in [0.2, 0.25) is 5.02 Å². The molecule has 2 aromatic rings. The van der Waals surface area contributed by atoms with E-state index in [1.54, 1.807) is 0 Å². The van der Waals surface area contributed by atoms with Gasteiger partial charge in [0.1, 0.15) is 0 Å². The minimum absolute atomic E-state index is 0.700. The first-order chi connectivity index (χ1) is 8.69. The van der Waals surface area contributed by atoms with E-state index in [1.807, 2.05) is 37.3 Å². The quantitative estimate of drug-likeness (QED) is 0.918. The van der Waals surface area contributed by atoms with Crippen LogP contribution in [0.4, 0.5) is 0 Å². The molecule has 0 unspecified atom stereocenters. The van der Waals surface area contributed by atoms with Crippen molar-refractivity contribution in [3.05, 3.63) is 46.7 Å². The van der Waals surface area contributed by atoms with Gasteiger partial charge in [0.25, 0.3) is 0 Å². The standard InChI is InChI=1S/C14H16ClN3/c1-3-16-9-13-7-10(2)17-14(18-13)11-5-4-6-12(15)8-11/h4-8,16H,3,9H2,1-2H3. The maximum absolute atomic E-state index is 5.99. The van der Waals surface area contributed by atoms with Gasteiger partial charge in [-0.15, -0.1) is 0 Å². The summed E-state index contributed by atoms with van der Waals surface area (Å²) >= 11 is 5.99. The van der Waals surface area contributed by atoms with Crippen LogP contribution in [0.3, 0.4) is 0 Å². The molecule has 4 heteroatoms. The molecular formula is C14H16ClN3. The fraction of sp³-hybridized carbons (Fsp3) is 0.286. The second kappa shape index (κ2) is 5.94. The molecule has 0 fully saturated rings. The van der Waals surface area contributed by atoms with Gasteiger partial charge in [0.15, 0.2) is 5.82 Å². The van der Waals surface area contributed by atoms with Gasteiger partial charge >= 0.3 is 0 Å². The molecule has 0 radical (unpaired) electrons. The van der Waals surface area contributed by atoms with Crippen LogP contribution in [0.25, 0.3) is 11.4 Å². The molecule has 1 N–H and O–H groups in total. The summed E-state index contributed by atoms with van der Waals surface area (Å²) < 4.78 is 0. The Morgan fingerprint density at radius 1 is 1.22 bits per heavy atom. The maximum atomic E-state index is 5.99. The zero-order chi connectivity index (χ0) is 13.0. The van der Waals surface area contributed by atoms with Crippen LogP contribution in [0.15, 0.2) is 30.3 Å². The van der Waals surface area contributed by atoms with E-state index in [9.17, 15) is 0 Å². The predicted molar refractivity (Wildman–Crippen MR) is 74.6 cm³/mol. The zero-order valence-electron chi connectivity index (χ0n) is 10.6. The van der Waals surface area contributed by atoms with E-state index in [-0.39, 0.29) is 0 Å². The summed E-state index contributed by atoms with van der Waals surface area (Å²) in [4.78, 5) is 9.01. The molecule has 0 saturated heterocycles. The number of rotatable bonds is 4. The van der Waals surface area contributed by atoms with Crippen molar-refractivity contribution in [1.82, 2.24) is 15.3 Å². The van der Waals surface area contributed by atoms with Crippen molar-refractivity contribution >= 4 is 11.6 Å². The van der Waals surface area contributed by atoms with Crippen molar-refractivity contribution in [1.29, 1.82) is 0 Å². The van der Waals surface area contributed by atoms with Gasteiger partial charge in [0, 0.05) is 22.8 Å². The van der Waals surface area contributed by atoms with Gasteiger partial charge < -0.3 is 5.32 Å². The summed E-state index contributed by atoms with van der Waals surface area (Å²) in [5, 5.41) is 3.97. The molecule has 0 amide bonds. The van der Waals surface area contributed by atoms with Gasteiger partial charge in [-0.1, -0.05) is 30.7 Å². The van der Waals surface area contributed by atoms with E-state index in [4.69, 9.17) is 11.6 Å². The number of aromatic nitrogens is 2. The van der Waals surface area contributed by atoms with Gasteiger partial charge in [-0.05, 0) is 31.7 Å². The van der Waals surface area contributed by atoms with Crippen LogP contribution in [0.5, 0.6) is 0 Å². The van der Waals surface area contributed by atoms with Crippen molar-refractivity contribution in [3.8, 4) is 11.4 Å². The number of hydrogen-bond acceptors (Lipinski definition) is 3. The SMILES string of the molecule is CCNCc1cc(C)nc(-c2cccc(Cl)c2)n1. The number of nitrogens with zero attached hydrogens (tertiary/aromatic N) is 2. The highest BCUT2D eigenvalue weighted by Gasteiger charge is 2.05. The molecule has 1 aromatic carbocycles. The van der Waals surface area contributed by atoms with Crippen molar-refractivity contribution < 1.29 is 0 Å². The van der Waals surface area contributed by atoms with Crippen molar-refractivity contribution in [2.24, 2.45) is 0 Å². The first kappa shape index (κ1) is 13.0. The Balaban J connectivity index is 2.35. The van der Waals surface area contributed by atoms with Crippen molar-refractivity contribution in [2.45, 2.75) is 20.4 Å². The second-order valence-corrected chi connectivity index (χ2v) is 4.55. The van der Waals surface area contributed by atoms with Crippen LogP contribution in [0, 0.1) is 6.92 Å². The summed E-state index contributed by atoms with van der Waals surface area (Å²) in [6.07, 6.45) is 0. The lowest BCUT2D eigenvalue weighted by Gasteiger charge is -2.06. The van der Waals surface area contributed by atoms with Gasteiger partial charge in [-0.25, -0.2) is 9.97 Å². The van der Waals surface area contributed by atoms with E-state index >= 15 is 0 Å². The van der Waals surface area contributed by atoms with Crippen LogP contribution >= 0.6 is 11.6 Å². The Morgan fingerprint density at radius 3 is 2.78 bits per heavy atom. The van der Waals surface area contributed by atoms with Gasteiger partial charge in [-0.2, -0.15) is 0 Å². The molecule has 3 nitrogen and oxygen atoms in total. The van der Waals surface area contributed by atoms with Gasteiger partial charge in [0.05, 0.1) is 5.69 Å². The topological polar surface area (TPSA) is 37.8 Å². The lowest BCUT2D eigenvalue weighted by molar-refractivity contribution is 0.708. The molecule has 0 aliphatic rings. The lowest BCUT2D eigenvalue weighted by Crippen LogP contribution is -2.13. The molecule has 0 aliphatic heterocycles. The third-order valence-corrected chi connectivity index (χ3v) is 2.78. The molecule has 0 spiro atoms. The lowest BCUT2D eigenvalue weighted by atomic mass is 10.2. The summed E-state index contributed by atoms with van der Waals surface area (Å²) in [7, 11) is 0. The number of hydrogen-bond donors (Lipinski definition) is 1. The van der Waals surface area contributed by atoms with Crippen molar-refractivity contribution in [2.75, 3.05) is 6.54 Å². The second-order valence-electron chi connectivity index (χ2n) is 4.11. The molecule has 1 heterocycles. The third-order valence-electron chi connectivity index (χ3n) is 2.55. The minimum Gasteiger partial charge on any atom is -0.311 e. The largest absolute Gasteiger partial charge is 0.311 e. The molecule has 18 heavy (non-hydrogen) atoms. The smallest absolute Gasteiger partial charge is 0.159 e. The zero-order valence-corrected chi connectivity index (χ0v) is 11.3. The van der Waals surface area contributed by atoms with E-state index in [1.165, 1.54) is 0 Å². The van der Waals surface area contributed by atoms with Crippen LogP contribution < -0.4 is 5.32 Å². The van der Waals surface area contributed by atoms with E-state index in [0.717, 1.165) is 35.9 Å². The first-order valence-corrected chi connectivity index (χ1v) is 6.38. The predicted octanol–water partition coefficient (Wildman–Crippen LogP) is 3.21. The molecule has 1 aromatic heterocycles. The minimum atomic E-state index is 0.700. The Morgan fingerprint density at radius 2 is 2.06 bits per heavy atom. The fourth-order valence-corrected chi connectivity index (χ4v) is 1.92. The molecule has 0 aliphatic carbocycles. The maximum Gasteiger partial charge on any atom is 0.159 e. The first-order valence-electron chi connectivity index (χ1n) is 6.00. The van der Waals surface area contributed by atoms with E-state index < -0.39 is 0 Å². The normalized spacial score (nSPS) is 10.6. The highest BCUT2D eigenvalue weighted by molar-refractivity contribution is 6.30. The van der Waals surface area contributed by atoms with Crippen LogP contribution in [-0.4, -0.2) is 16.5 Å². The molecule has 2 rings (SSSR count). The van der Waals surface area contributed by atoms with Gasteiger partial charge in [0.2, 0.25) is 0 Å².